The molecular formula is C17H16N4O2. The van der Waals surface area contributed by atoms with Gasteiger partial charge in [-0.15, -0.1) is 10.2 Å². The van der Waals surface area contributed by atoms with Crippen LogP contribution in [-0.2, 0) is 0 Å². The Morgan fingerprint density at radius 2 is 1.74 bits per heavy atom. The van der Waals surface area contributed by atoms with E-state index in [0.29, 0.717) is 11.0 Å². The van der Waals surface area contributed by atoms with Gasteiger partial charge in [-0.2, -0.15) is 0 Å². The van der Waals surface area contributed by atoms with Gasteiger partial charge in [0.25, 0.3) is 5.91 Å². The molecule has 0 bridgehead atoms. The van der Waals surface area contributed by atoms with E-state index in [1.807, 2.05) is 43.3 Å². The third-order valence-corrected chi connectivity index (χ3v) is 3.53. The highest BCUT2D eigenvalue weighted by atomic mass is 16.5. The van der Waals surface area contributed by atoms with Crippen LogP contribution < -0.4 is 10.1 Å². The summed E-state index contributed by atoms with van der Waals surface area (Å²) < 4.78 is 5.12. The Morgan fingerprint density at radius 1 is 1.04 bits per heavy atom. The Labute approximate surface area is 133 Å². The molecule has 0 saturated heterocycles. The minimum Gasteiger partial charge on any atom is -0.497 e. The van der Waals surface area contributed by atoms with Crippen molar-refractivity contribution < 1.29 is 9.53 Å². The molecular weight excluding hydrogens is 292 g/mol. The highest BCUT2D eigenvalue weighted by Crippen LogP contribution is 2.17. The van der Waals surface area contributed by atoms with Crippen molar-refractivity contribution in [3.05, 3.63) is 59.9 Å². The smallest absolute Gasteiger partial charge is 0.291 e. The maximum Gasteiger partial charge on any atom is 0.291 e. The van der Waals surface area contributed by atoms with Crippen molar-refractivity contribution in [1.29, 1.82) is 0 Å². The van der Waals surface area contributed by atoms with Crippen molar-refractivity contribution >= 4 is 16.9 Å². The maximum absolute atomic E-state index is 12.3. The van der Waals surface area contributed by atoms with E-state index >= 15 is 0 Å². The van der Waals surface area contributed by atoms with E-state index in [4.69, 9.17) is 4.74 Å². The van der Waals surface area contributed by atoms with Gasteiger partial charge in [0, 0.05) is 0 Å². The Bertz CT molecular complexity index is 833. The minimum absolute atomic E-state index is 0.0593. The molecule has 1 aromatic heterocycles. The Balaban J connectivity index is 1.76. The summed E-state index contributed by atoms with van der Waals surface area (Å²) >= 11 is 0. The fourth-order valence-electron chi connectivity index (χ4n) is 2.21. The first-order valence-electron chi connectivity index (χ1n) is 7.21. The van der Waals surface area contributed by atoms with Gasteiger partial charge in [-0.25, -0.2) is 4.98 Å². The molecule has 1 amide bonds. The van der Waals surface area contributed by atoms with Gasteiger partial charge in [-0.3, -0.25) is 4.79 Å². The average molecular weight is 308 g/mol. The van der Waals surface area contributed by atoms with Crippen molar-refractivity contribution in [3.8, 4) is 5.75 Å². The average Bonchev–Trinajstić information content (AvgIpc) is 2.61. The number of nitrogens with one attached hydrogen (secondary N) is 1. The highest BCUT2D eigenvalue weighted by Gasteiger charge is 2.15. The zero-order valence-corrected chi connectivity index (χ0v) is 12.9. The molecule has 2 aromatic carbocycles. The van der Waals surface area contributed by atoms with E-state index < -0.39 is 0 Å². The third-order valence-electron chi connectivity index (χ3n) is 3.53. The molecule has 0 saturated carbocycles. The molecule has 3 rings (SSSR count). The van der Waals surface area contributed by atoms with Crippen LogP contribution in [-0.4, -0.2) is 28.2 Å². The van der Waals surface area contributed by atoms with Crippen LogP contribution in [0.2, 0.25) is 0 Å². The summed E-state index contributed by atoms with van der Waals surface area (Å²) in [5.41, 5.74) is 2.27. The van der Waals surface area contributed by atoms with Gasteiger partial charge in [0.2, 0.25) is 5.82 Å². The summed E-state index contributed by atoms with van der Waals surface area (Å²) in [6, 6.07) is 14.6. The van der Waals surface area contributed by atoms with Crippen LogP contribution in [0.5, 0.6) is 5.75 Å². The molecule has 116 valence electrons. The van der Waals surface area contributed by atoms with Crippen LogP contribution in [0.25, 0.3) is 11.0 Å². The number of para-hydroxylation sites is 1. The minimum atomic E-state index is -0.355. The van der Waals surface area contributed by atoms with Gasteiger partial charge < -0.3 is 10.1 Å². The summed E-state index contributed by atoms with van der Waals surface area (Å²) in [6.45, 7) is 1.90. The number of amides is 1. The van der Waals surface area contributed by atoms with Crippen LogP contribution in [0.3, 0.4) is 0 Å². The van der Waals surface area contributed by atoms with Gasteiger partial charge >= 0.3 is 0 Å². The number of aromatic nitrogens is 3. The first-order valence-corrected chi connectivity index (χ1v) is 7.21. The number of nitrogens with zero attached hydrogens (tertiary/aromatic N) is 3. The number of carbonyl (C=O) groups is 1. The van der Waals surface area contributed by atoms with Crippen LogP contribution in [0, 0.1) is 0 Å². The number of benzene rings is 2. The second kappa shape index (κ2) is 6.39. The lowest BCUT2D eigenvalue weighted by atomic mass is 10.1. The Kier molecular flexibility index (Phi) is 4.14. The van der Waals surface area contributed by atoms with E-state index in [1.54, 1.807) is 19.2 Å². The van der Waals surface area contributed by atoms with Crippen LogP contribution >= 0.6 is 0 Å². The zero-order chi connectivity index (χ0) is 16.2. The van der Waals surface area contributed by atoms with E-state index in [9.17, 15) is 4.79 Å². The summed E-state index contributed by atoms with van der Waals surface area (Å²) in [7, 11) is 1.62. The lowest BCUT2D eigenvalue weighted by molar-refractivity contribution is 0.0928. The number of rotatable bonds is 4. The number of methoxy groups -OCH3 is 1. The Hall–Kier alpha value is -3.02. The number of fused-ring (bicyclic) bond motifs is 1. The van der Waals surface area contributed by atoms with E-state index in [-0.39, 0.29) is 17.8 Å². The molecule has 0 aliphatic rings. The number of ether oxygens (including phenoxy) is 1. The van der Waals surface area contributed by atoms with Gasteiger partial charge in [0.15, 0.2) is 0 Å². The summed E-state index contributed by atoms with van der Waals surface area (Å²) in [6.07, 6.45) is 0. The van der Waals surface area contributed by atoms with Gasteiger partial charge in [0.05, 0.1) is 18.7 Å². The lowest BCUT2D eigenvalue weighted by Gasteiger charge is -2.14. The molecule has 0 aliphatic carbocycles. The molecule has 0 spiro atoms. The SMILES string of the molecule is COc1ccc([C@@H](C)NC(=O)c2nnc3ccccc3n2)cc1. The predicted octanol–water partition coefficient (Wildman–Crippen LogP) is 2.52. The van der Waals surface area contributed by atoms with Crippen molar-refractivity contribution in [2.75, 3.05) is 7.11 Å². The largest absolute Gasteiger partial charge is 0.497 e. The summed E-state index contributed by atoms with van der Waals surface area (Å²) in [5.74, 6) is 0.477. The highest BCUT2D eigenvalue weighted by molar-refractivity contribution is 5.92. The van der Waals surface area contributed by atoms with Gasteiger partial charge in [-0.05, 0) is 36.8 Å². The van der Waals surface area contributed by atoms with Crippen LogP contribution in [0.15, 0.2) is 48.5 Å². The van der Waals surface area contributed by atoms with Crippen molar-refractivity contribution in [1.82, 2.24) is 20.5 Å². The molecule has 6 heteroatoms. The second-order valence-electron chi connectivity index (χ2n) is 5.09. The quantitative estimate of drug-likeness (QED) is 0.801. The Morgan fingerprint density at radius 3 is 2.43 bits per heavy atom. The van der Waals surface area contributed by atoms with Crippen LogP contribution in [0.1, 0.15) is 29.1 Å². The summed E-state index contributed by atoms with van der Waals surface area (Å²) in [4.78, 5) is 16.5. The number of hydrogen-bond donors (Lipinski definition) is 1. The fourth-order valence-corrected chi connectivity index (χ4v) is 2.21. The van der Waals surface area contributed by atoms with E-state index in [1.165, 1.54) is 0 Å². The molecule has 0 unspecified atom stereocenters. The topological polar surface area (TPSA) is 77.0 Å². The monoisotopic (exact) mass is 308 g/mol. The first kappa shape index (κ1) is 14.9. The van der Waals surface area contributed by atoms with Gasteiger partial charge in [0.1, 0.15) is 11.3 Å². The maximum atomic E-state index is 12.3. The van der Waals surface area contributed by atoms with Gasteiger partial charge in [-0.1, -0.05) is 24.3 Å². The van der Waals surface area contributed by atoms with E-state index in [0.717, 1.165) is 11.3 Å². The molecule has 0 radical (unpaired) electrons. The van der Waals surface area contributed by atoms with E-state index in [2.05, 4.69) is 20.5 Å². The standard InChI is InChI=1S/C17H16N4O2/c1-11(12-7-9-13(23-2)10-8-12)18-17(22)16-19-14-5-3-4-6-15(14)20-21-16/h3-11H,1-2H3,(H,18,22)/t11-/m1/s1. The molecule has 1 heterocycles. The first-order chi connectivity index (χ1) is 11.2. The number of carbonyl (C=O) groups excluding carboxylic acids is 1. The van der Waals surface area contributed by atoms with Crippen molar-refractivity contribution in [2.24, 2.45) is 0 Å². The predicted molar refractivity (Wildman–Crippen MR) is 86.2 cm³/mol. The molecule has 0 fully saturated rings. The zero-order valence-electron chi connectivity index (χ0n) is 12.9. The second-order valence-corrected chi connectivity index (χ2v) is 5.09. The fraction of sp³-hybridized carbons (Fsp3) is 0.176. The lowest BCUT2D eigenvalue weighted by Crippen LogP contribution is -2.28. The normalized spacial score (nSPS) is 11.9. The third kappa shape index (κ3) is 3.26. The summed E-state index contributed by atoms with van der Waals surface area (Å²) in [5, 5.41) is 10.8. The molecule has 0 aliphatic heterocycles. The molecule has 1 atom stereocenters. The molecule has 3 aromatic rings. The molecule has 1 N–H and O–H groups in total. The van der Waals surface area contributed by atoms with Crippen LogP contribution in [0.4, 0.5) is 0 Å². The van der Waals surface area contributed by atoms with Crippen molar-refractivity contribution in [2.45, 2.75) is 13.0 Å². The van der Waals surface area contributed by atoms with Crippen molar-refractivity contribution in [3.63, 3.8) is 0 Å². The number of hydrogen-bond acceptors (Lipinski definition) is 5. The molecule has 6 nitrogen and oxygen atoms in total. The molecule has 23 heavy (non-hydrogen) atoms.